The molecule has 2 aromatic heterocycles. The molecule has 0 spiro atoms. The molecule has 24 heavy (non-hydrogen) atoms. The van der Waals surface area contributed by atoms with E-state index in [2.05, 4.69) is 25.6 Å². The van der Waals surface area contributed by atoms with Crippen LogP contribution in [0.1, 0.15) is 36.2 Å². The Hall–Kier alpha value is -2.22. The number of hydrogen-bond donors (Lipinski definition) is 2. The largest absolute Gasteiger partial charge is 0.365 e. The van der Waals surface area contributed by atoms with Gasteiger partial charge in [-0.3, -0.25) is 4.79 Å². The van der Waals surface area contributed by atoms with Gasteiger partial charge in [0.05, 0.1) is 12.5 Å². The second kappa shape index (κ2) is 7.12. The molecular formula is C15H18ClFN6O. The van der Waals surface area contributed by atoms with Crippen LogP contribution in [0.5, 0.6) is 0 Å². The van der Waals surface area contributed by atoms with Crippen molar-refractivity contribution < 1.29 is 9.18 Å². The number of nitrogens with zero attached hydrogens (tertiary/aromatic N) is 4. The predicted molar refractivity (Wildman–Crippen MR) is 87.3 cm³/mol. The normalized spacial score (nSPS) is 20.6. The Morgan fingerprint density at radius 3 is 2.92 bits per heavy atom. The van der Waals surface area contributed by atoms with Gasteiger partial charge in [0, 0.05) is 25.3 Å². The SMILES string of the molecule is Cn1cnc(C(=O)N[C@H]2CCC[C@@H](Nc3nc(Cl)ncc3F)C2)c1. The summed E-state index contributed by atoms with van der Waals surface area (Å²) in [4.78, 5) is 23.7. The van der Waals surface area contributed by atoms with Gasteiger partial charge in [-0.15, -0.1) is 0 Å². The van der Waals surface area contributed by atoms with Crippen LogP contribution >= 0.6 is 11.6 Å². The minimum absolute atomic E-state index is 0.00489. The number of aromatic nitrogens is 4. The Kier molecular flexibility index (Phi) is 4.94. The molecule has 0 unspecified atom stereocenters. The third-order valence-corrected chi connectivity index (χ3v) is 4.18. The second-order valence-corrected chi connectivity index (χ2v) is 6.28. The van der Waals surface area contributed by atoms with E-state index in [0.717, 1.165) is 25.5 Å². The molecule has 7 nitrogen and oxygen atoms in total. The van der Waals surface area contributed by atoms with Gasteiger partial charge in [-0.25, -0.2) is 14.4 Å². The first-order valence-corrected chi connectivity index (χ1v) is 8.12. The highest BCUT2D eigenvalue weighted by Gasteiger charge is 2.25. The lowest BCUT2D eigenvalue weighted by Crippen LogP contribution is -2.42. The van der Waals surface area contributed by atoms with Crippen LogP contribution in [0, 0.1) is 5.82 Å². The van der Waals surface area contributed by atoms with Crippen molar-refractivity contribution in [3.63, 3.8) is 0 Å². The Bertz CT molecular complexity index is 737. The van der Waals surface area contributed by atoms with Gasteiger partial charge in [-0.05, 0) is 37.3 Å². The first-order chi connectivity index (χ1) is 11.5. The lowest BCUT2D eigenvalue weighted by atomic mass is 9.91. The van der Waals surface area contributed by atoms with E-state index in [4.69, 9.17) is 11.6 Å². The molecule has 2 aromatic rings. The topological polar surface area (TPSA) is 84.7 Å². The van der Waals surface area contributed by atoms with Crippen molar-refractivity contribution in [3.05, 3.63) is 35.5 Å². The van der Waals surface area contributed by atoms with Gasteiger partial charge < -0.3 is 15.2 Å². The van der Waals surface area contributed by atoms with Crippen LogP contribution in [0.4, 0.5) is 10.2 Å². The molecule has 3 rings (SSSR count). The number of halogens is 2. The van der Waals surface area contributed by atoms with E-state index in [1.807, 2.05) is 7.05 Å². The average molecular weight is 353 g/mol. The molecule has 2 heterocycles. The van der Waals surface area contributed by atoms with Crippen molar-refractivity contribution in [2.24, 2.45) is 7.05 Å². The van der Waals surface area contributed by atoms with Gasteiger partial charge >= 0.3 is 0 Å². The number of amides is 1. The zero-order valence-corrected chi connectivity index (χ0v) is 13.9. The molecule has 1 aliphatic rings. The van der Waals surface area contributed by atoms with Crippen molar-refractivity contribution in [3.8, 4) is 0 Å². The molecule has 9 heteroatoms. The molecule has 1 fully saturated rings. The number of rotatable bonds is 4. The van der Waals surface area contributed by atoms with E-state index in [1.54, 1.807) is 17.1 Å². The summed E-state index contributed by atoms with van der Waals surface area (Å²) in [5.74, 6) is -0.645. The molecule has 0 saturated heterocycles. The summed E-state index contributed by atoms with van der Waals surface area (Å²) in [6.07, 6.45) is 7.65. The fraction of sp³-hybridized carbons (Fsp3) is 0.467. The lowest BCUT2D eigenvalue weighted by molar-refractivity contribution is 0.0921. The smallest absolute Gasteiger partial charge is 0.271 e. The van der Waals surface area contributed by atoms with Crippen LogP contribution in [0.3, 0.4) is 0 Å². The quantitative estimate of drug-likeness (QED) is 0.824. The summed E-state index contributed by atoms with van der Waals surface area (Å²) in [5.41, 5.74) is 0.390. The summed E-state index contributed by atoms with van der Waals surface area (Å²) in [6, 6.07) is 0.0133. The van der Waals surface area contributed by atoms with Crippen molar-refractivity contribution in [1.82, 2.24) is 24.8 Å². The molecular weight excluding hydrogens is 335 g/mol. The Morgan fingerprint density at radius 2 is 2.17 bits per heavy atom. The van der Waals surface area contributed by atoms with Gasteiger partial charge in [0.25, 0.3) is 5.91 Å². The minimum Gasteiger partial charge on any atom is -0.365 e. The maximum atomic E-state index is 13.7. The molecule has 0 aliphatic heterocycles. The number of carbonyl (C=O) groups is 1. The van der Waals surface area contributed by atoms with Gasteiger partial charge in [0.1, 0.15) is 5.69 Å². The summed E-state index contributed by atoms with van der Waals surface area (Å²) >= 11 is 5.71. The zero-order valence-electron chi connectivity index (χ0n) is 13.2. The molecule has 0 radical (unpaired) electrons. The molecule has 1 aliphatic carbocycles. The lowest BCUT2D eigenvalue weighted by Gasteiger charge is -2.30. The molecule has 0 aromatic carbocycles. The van der Waals surface area contributed by atoms with Crippen LogP contribution < -0.4 is 10.6 Å². The van der Waals surface area contributed by atoms with E-state index in [9.17, 15) is 9.18 Å². The summed E-state index contributed by atoms with van der Waals surface area (Å²) < 4.78 is 15.5. The Morgan fingerprint density at radius 1 is 1.38 bits per heavy atom. The Balaban J connectivity index is 1.60. The number of nitrogens with one attached hydrogen (secondary N) is 2. The van der Waals surface area contributed by atoms with Gasteiger partial charge in [-0.2, -0.15) is 4.98 Å². The maximum Gasteiger partial charge on any atom is 0.271 e. The molecule has 2 atom stereocenters. The molecule has 128 valence electrons. The van der Waals surface area contributed by atoms with Gasteiger partial charge in [0.2, 0.25) is 5.28 Å². The number of carbonyl (C=O) groups excluding carboxylic acids is 1. The van der Waals surface area contributed by atoms with Gasteiger partial charge in [0.15, 0.2) is 11.6 Å². The van der Waals surface area contributed by atoms with Crippen molar-refractivity contribution in [2.45, 2.75) is 37.8 Å². The highest BCUT2D eigenvalue weighted by molar-refractivity contribution is 6.28. The molecule has 1 amide bonds. The van der Waals surface area contributed by atoms with Crippen LogP contribution in [-0.2, 0) is 7.05 Å². The summed E-state index contributed by atoms with van der Waals surface area (Å²) in [5, 5.41) is 6.03. The third-order valence-electron chi connectivity index (χ3n) is 4.00. The zero-order chi connectivity index (χ0) is 17.1. The van der Waals surface area contributed by atoms with Gasteiger partial charge in [-0.1, -0.05) is 0 Å². The fourth-order valence-corrected chi connectivity index (χ4v) is 3.01. The molecule has 2 N–H and O–H groups in total. The highest BCUT2D eigenvalue weighted by atomic mass is 35.5. The predicted octanol–water partition coefficient (Wildman–Crippen LogP) is 2.16. The number of aryl methyl sites for hydroxylation is 1. The summed E-state index contributed by atoms with van der Waals surface area (Å²) in [6.45, 7) is 0. The van der Waals surface area contributed by atoms with Crippen molar-refractivity contribution >= 4 is 23.3 Å². The second-order valence-electron chi connectivity index (χ2n) is 5.94. The van der Waals surface area contributed by atoms with E-state index in [0.29, 0.717) is 12.1 Å². The summed E-state index contributed by atoms with van der Waals surface area (Å²) in [7, 11) is 1.81. The number of anilines is 1. The van der Waals surface area contributed by atoms with E-state index in [1.165, 1.54) is 0 Å². The standard InChI is InChI=1S/C15H18ClFN6O/c1-23-7-12(19-8-23)14(24)21-10-4-2-3-9(5-10)20-13-11(17)6-18-15(16)22-13/h6-10H,2-5H2,1H3,(H,21,24)(H,18,20,22)/t9-,10+/m1/s1. The fourth-order valence-electron chi connectivity index (χ4n) is 2.88. The van der Waals surface area contributed by atoms with Crippen molar-refractivity contribution in [2.75, 3.05) is 5.32 Å². The van der Waals surface area contributed by atoms with Crippen molar-refractivity contribution in [1.29, 1.82) is 0 Å². The molecule has 0 bridgehead atoms. The van der Waals surface area contributed by atoms with Crippen LogP contribution in [0.25, 0.3) is 0 Å². The minimum atomic E-state index is -0.543. The van der Waals surface area contributed by atoms with E-state index < -0.39 is 5.82 Å². The molecule has 1 saturated carbocycles. The Labute approximate surface area is 143 Å². The van der Waals surface area contributed by atoms with E-state index in [-0.39, 0.29) is 29.1 Å². The highest BCUT2D eigenvalue weighted by Crippen LogP contribution is 2.23. The van der Waals surface area contributed by atoms with Crippen LogP contribution in [-0.4, -0.2) is 37.5 Å². The average Bonchev–Trinajstić information content (AvgIpc) is 2.98. The van der Waals surface area contributed by atoms with Crippen LogP contribution in [0.15, 0.2) is 18.7 Å². The van der Waals surface area contributed by atoms with Crippen LogP contribution in [0.2, 0.25) is 5.28 Å². The van der Waals surface area contributed by atoms with E-state index >= 15 is 0 Å². The first kappa shape index (κ1) is 16.6. The number of hydrogen-bond acceptors (Lipinski definition) is 5. The monoisotopic (exact) mass is 352 g/mol. The third kappa shape index (κ3) is 4.00. The first-order valence-electron chi connectivity index (χ1n) is 7.74. The maximum absolute atomic E-state index is 13.7. The number of imidazole rings is 1.